The van der Waals surface area contributed by atoms with Gasteiger partial charge in [-0.25, -0.2) is 4.79 Å². The van der Waals surface area contributed by atoms with E-state index < -0.39 is 29.9 Å². The van der Waals surface area contributed by atoms with Gasteiger partial charge in [0.25, 0.3) is 0 Å². The van der Waals surface area contributed by atoms with Crippen LogP contribution in [0.2, 0.25) is 0 Å². The molecule has 0 fully saturated rings. The Bertz CT molecular complexity index is 777. The highest BCUT2D eigenvalue weighted by molar-refractivity contribution is 6.00. The first-order valence-corrected chi connectivity index (χ1v) is 11.0. The summed E-state index contributed by atoms with van der Waals surface area (Å²) in [4.78, 5) is 48.9. The zero-order chi connectivity index (χ0) is 23.9. The van der Waals surface area contributed by atoms with E-state index in [-0.39, 0.29) is 11.6 Å². The SMILES string of the molecule is CCCCC[C@H](NC=O)C(=O)N[C@@H](CC(C)C)C(=O)N/C(=C\c1ccccc1)C(=O)OC. The largest absolute Gasteiger partial charge is 0.464 e. The highest BCUT2D eigenvalue weighted by atomic mass is 16.5. The van der Waals surface area contributed by atoms with Crippen LogP contribution in [0, 0.1) is 5.92 Å². The normalized spacial score (nSPS) is 13.1. The Labute approximate surface area is 190 Å². The maximum absolute atomic E-state index is 13.0. The van der Waals surface area contributed by atoms with Crippen molar-refractivity contribution in [3.8, 4) is 0 Å². The van der Waals surface area contributed by atoms with Crippen LogP contribution in [0.15, 0.2) is 36.0 Å². The van der Waals surface area contributed by atoms with E-state index in [0.717, 1.165) is 19.3 Å². The lowest BCUT2D eigenvalue weighted by atomic mass is 10.0. The number of hydrogen-bond donors (Lipinski definition) is 3. The molecule has 2 atom stereocenters. The van der Waals surface area contributed by atoms with Crippen LogP contribution in [0.5, 0.6) is 0 Å². The Morgan fingerprint density at radius 3 is 2.28 bits per heavy atom. The molecule has 0 aromatic heterocycles. The number of benzene rings is 1. The first-order chi connectivity index (χ1) is 15.3. The number of nitrogens with one attached hydrogen (secondary N) is 3. The van der Waals surface area contributed by atoms with Crippen LogP contribution in [0.3, 0.4) is 0 Å². The number of carbonyl (C=O) groups is 4. The molecule has 3 N–H and O–H groups in total. The molecular formula is C24H35N3O5. The monoisotopic (exact) mass is 445 g/mol. The Morgan fingerprint density at radius 2 is 1.72 bits per heavy atom. The average molecular weight is 446 g/mol. The fourth-order valence-corrected chi connectivity index (χ4v) is 3.14. The lowest BCUT2D eigenvalue weighted by Crippen LogP contribution is -2.53. The second-order valence-corrected chi connectivity index (χ2v) is 7.97. The predicted molar refractivity (Wildman–Crippen MR) is 123 cm³/mol. The van der Waals surface area contributed by atoms with Crippen molar-refractivity contribution < 1.29 is 23.9 Å². The fourth-order valence-electron chi connectivity index (χ4n) is 3.14. The highest BCUT2D eigenvalue weighted by Crippen LogP contribution is 2.11. The third kappa shape index (κ3) is 9.76. The minimum absolute atomic E-state index is 0.0304. The molecule has 0 bridgehead atoms. The smallest absolute Gasteiger partial charge is 0.354 e. The quantitative estimate of drug-likeness (QED) is 0.176. The van der Waals surface area contributed by atoms with Crippen LogP contribution in [-0.2, 0) is 23.9 Å². The Balaban J connectivity index is 3.01. The van der Waals surface area contributed by atoms with Gasteiger partial charge in [0.2, 0.25) is 18.2 Å². The summed E-state index contributed by atoms with van der Waals surface area (Å²) < 4.78 is 4.79. The Hall–Kier alpha value is -3.16. The summed E-state index contributed by atoms with van der Waals surface area (Å²) in [7, 11) is 1.23. The van der Waals surface area contributed by atoms with E-state index in [9.17, 15) is 19.2 Å². The van der Waals surface area contributed by atoms with Gasteiger partial charge < -0.3 is 20.7 Å². The molecule has 0 aliphatic heterocycles. The molecular weight excluding hydrogens is 410 g/mol. The number of amides is 3. The summed E-state index contributed by atoms with van der Waals surface area (Å²) in [5.41, 5.74) is 0.682. The van der Waals surface area contributed by atoms with Crippen molar-refractivity contribution in [1.29, 1.82) is 0 Å². The van der Waals surface area contributed by atoms with Crippen molar-refractivity contribution in [3.63, 3.8) is 0 Å². The Morgan fingerprint density at radius 1 is 1.03 bits per heavy atom. The van der Waals surface area contributed by atoms with E-state index in [1.807, 2.05) is 39.0 Å². The third-order valence-electron chi connectivity index (χ3n) is 4.80. The summed E-state index contributed by atoms with van der Waals surface area (Å²) in [5.74, 6) is -1.56. The van der Waals surface area contributed by atoms with E-state index in [0.29, 0.717) is 24.8 Å². The maximum Gasteiger partial charge on any atom is 0.354 e. The molecule has 0 aliphatic carbocycles. The third-order valence-corrected chi connectivity index (χ3v) is 4.80. The molecule has 32 heavy (non-hydrogen) atoms. The molecule has 0 heterocycles. The van der Waals surface area contributed by atoms with E-state index in [2.05, 4.69) is 16.0 Å². The fraction of sp³-hybridized carbons (Fsp3) is 0.500. The maximum atomic E-state index is 13.0. The second kappa shape index (κ2) is 14.8. The van der Waals surface area contributed by atoms with Gasteiger partial charge in [0.1, 0.15) is 17.8 Å². The molecule has 0 aliphatic rings. The lowest BCUT2D eigenvalue weighted by Gasteiger charge is -2.23. The summed E-state index contributed by atoms with van der Waals surface area (Å²) >= 11 is 0. The number of hydrogen-bond acceptors (Lipinski definition) is 5. The van der Waals surface area contributed by atoms with Crippen molar-refractivity contribution in [2.75, 3.05) is 7.11 Å². The standard InChI is InChI=1S/C24H35N3O5/c1-5-6-8-13-19(25-16-28)22(29)26-20(14-17(2)3)23(30)27-21(24(31)32-4)15-18-11-9-7-10-12-18/h7,9-12,15-17,19-20H,5-6,8,13-14H2,1-4H3,(H,25,28)(H,26,29)(H,27,30)/b21-15-/t19-,20-/m0/s1. The Kier molecular flexibility index (Phi) is 12.4. The van der Waals surface area contributed by atoms with E-state index in [1.54, 1.807) is 12.1 Å². The van der Waals surface area contributed by atoms with Crippen molar-refractivity contribution in [2.45, 2.75) is 65.0 Å². The van der Waals surface area contributed by atoms with Crippen molar-refractivity contribution in [2.24, 2.45) is 5.92 Å². The van der Waals surface area contributed by atoms with Crippen LogP contribution in [0.4, 0.5) is 0 Å². The van der Waals surface area contributed by atoms with Gasteiger partial charge in [0, 0.05) is 0 Å². The van der Waals surface area contributed by atoms with Gasteiger partial charge in [-0.2, -0.15) is 0 Å². The van der Waals surface area contributed by atoms with Gasteiger partial charge >= 0.3 is 5.97 Å². The lowest BCUT2D eigenvalue weighted by molar-refractivity contribution is -0.138. The van der Waals surface area contributed by atoms with E-state index >= 15 is 0 Å². The molecule has 176 valence electrons. The molecule has 0 saturated heterocycles. The van der Waals surface area contributed by atoms with Crippen molar-refractivity contribution >= 4 is 30.3 Å². The van der Waals surface area contributed by atoms with Crippen molar-refractivity contribution in [3.05, 3.63) is 41.6 Å². The van der Waals surface area contributed by atoms with Crippen molar-refractivity contribution in [1.82, 2.24) is 16.0 Å². The molecule has 8 heteroatoms. The molecule has 0 radical (unpaired) electrons. The summed E-state index contributed by atoms with van der Waals surface area (Å²) in [6, 6.07) is 7.43. The van der Waals surface area contributed by atoms with Crippen LogP contribution in [-0.4, -0.2) is 43.4 Å². The first-order valence-electron chi connectivity index (χ1n) is 11.0. The average Bonchev–Trinajstić information content (AvgIpc) is 2.77. The number of esters is 1. The number of carbonyl (C=O) groups excluding carboxylic acids is 4. The van der Waals surface area contributed by atoms with Gasteiger partial charge in [-0.05, 0) is 30.4 Å². The summed E-state index contributed by atoms with van der Waals surface area (Å²) in [6.45, 7) is 5.90. The molecule has 1 rings (SSSR count). The summed E-state index contributed by atoms with van der Waals surface area (Å²) in [5, 5.41) is 7.86. The molecule has 0 saturated carbocycles. The zero-order valence-corrected chi connectivity index (χ0v) is 19.4. The minimum atomic E-state index is -0.881. The molecule has 1 aromatic rings. The second-order valence-electron chi connectivity index (χ2n) is 7.97. The number of methoxy groups -OCH3 is 1. The van der Waals surface area contributed by atoms with Gasteiger partial charge in [0.05, 0.1) is 7.11 Å². The molecule has 0 spiro atoms. The van der Waals surface area contributed by atoms with Gasteiger partial charge in [-0.1, -0.05) is 70.4 Å². The molecule has 1 aromatic carbocycles. The first kappa shape index (κ1) is 26.9. The number of unbranched alkanes of at least 4 members (excludes halogenated alkanes) is 2. The van der Waals surface area contributed by atoms with Crippen LogP contribution in [0.1, 0.15) is 58.4 Å². The number of ether oxygens (including phenoxy) is 1. The van der Waals surface area contributed by atoms with Crippen LogP contribution in [0.25, 0.3) is 6.08 Å². The zero-order valence-electron chi connectivity index (χ0n) is 19.4. The molecule has 0 unspecified atom stereocenters. The predicted octanol–water partition coefficient (Wildman–Crippen LogP) is 2.54. The molecule has 8 nitrogen and oxygen atoms in total. The van der Waals surface area contributed by atoms with E-state index in [1.165, 1.54) is 13.2 Å². The summed E-state index contributed by atoms with van der Waals surface area (Å²) in [6.07, 6.45) is 5.55. The minimum Gasteiger partial charge on any atom is -0.464 e. The topological polar surface area (TPSA) is 114 Å². The van der Waals surface area contributed by atoms with Gasteiger partial charge in [-0.3, -0.25) is 14.4 Å². The number of rotatable bonds is 14. The molecule has 3 amide bonds. The van der Waals surface area contributed by atoms with E-state index in [4.69, 9.17) is 4.74 Å². The van der Waals surface area contributed by atoms with Gasteiger partial charge in [-0.15, -0.1) is 0 Å². The van der Waals surface area contributed by atoms with Crippen LogP contribution >= 0.6 is 0 Å². The highest BCUT2D eigenvalue weighted by Gasteiger charge is 2.27. The van der Waals surface area contributed by atoms with Gasteiger partial charge in [0.15, 0.2) is 0 Å². The van der Waals surface area contributed by atoms with Crippen LogP contribution < -0.4 is 16.0 Å².